The van der Waals surface area contributed by atoms with Gasteiger partial charge in [-0.3, -0.25) is 0 Å². The highest BCUT2D eigenvalue weighted by Gasteiger charge is 2.32. The number of hydrogen-bond acceptors (Lipinski definition) is 6. The smallest absolute Gasteiger partial charge is 0.410 e. The first-order valence-corrected chi connectivity index (χ1v) is 12.3. The highest BCUT2D eigenvalue weighted by molar-refractivity contribution is 7.18. The van der Waals surface area contributed by atoms with Crippen molar-refractivity contribution in [3.63, 3.8) is 0 Å². The third-order valence-electron chi connectivity index (χ3n) is 6.41. The number of piperidine rings is 1. The number of benzene rings is 2. The number of rotatable bonds is 4. The van der Waals surface area contributed by atoms with Crippen LogP contribution in [0.15, 0.2) is 48.5 Å². The zero-order valence-corrected chi connectivity index (χ0v) is 19.2. The maximum Gasteiger partial charge on any atom is 0.410 e. The molecule has 0 bridgehead atoms. The Bertz CT molecular complexity index is 1060. The van der Waals surface area contributed by atoms with E-state index in [2.05, 4.69) is 35.8 Å². The number of nitrogens with one attached hydrogen (secondary N) is 2. The van der Waals surface area contributed by atoms with Gasteiger partial charge in [0.25, 0.3) is 0 Å². The van der Waals surface area contributed by atoms with Crippen molar-refractivity contribution in [2.75, 3.05) is 26.2 Å². The van der Waals surface area contributed by atoms with Crippen LogP contribution in [0.3, 0.4) is 0 Å². The Kier molecular flexibility index (Phi) is 6.39. The number of likely N-dealkylation sites (tertiary alicyclic amines) is 1. The standard InChI is InChI=1S/C25H30N4O2S/c1-17-7-9-22(29(15-17)25(30)31-16-18-5-3-2-4-6-18)19-8-10-23-20(13-19)28-24(32-23)21-14-26-11-12-27-21/h2-6,8,10,13,17,21-22,26-27H,7,9,11-12,14-16H2,1H3/t17-,21?,22+/m0/s1. The van der Waals surface area contributed by atoms with Crippen molar-refractivity contribution in [1.82, 2.24) is 20.5 Å². The Morgan fingerprint density at radius 2 is 2.06 bits per heavy atom. The summed E-state index contributed by atoms with van der Waals surface area (Å²) in [6.45, 7) is 6.10. The normalized spacial score (nSPS) is 23.9. The summed E-state index contributed by atoms with van der Waals surface area (Å²) >= 11 is 1.75. The van der Waals surface area contributed by atoms with Crippen molar-refractivity contribution in [3.05, 3.63) is 64.7 Å². The summed E-state index contributed by atoms with van der Waals surface area (Å²) in [6, 6.07) is 16.6. The van der Waals surface area contributed by atoms with Crippen molar-refractivity contribution >= 4 is 27.6 Å². The first-order valence-electron chi connectivity index (χ1n) is 11.5. The van der Waals surface area contributed by atoms with Gasteiger partial charge in [0.2, 0.25) is 0 Å². The lowest BCUT2D eigenvalue weighted by Crippen LogP contribution is -2.42. The van der Waals surface area contributed by atoms with Gasteiger partial charge in [-0.05, 0) is 42.0 Å². The van der Waals surface area contributed by atoms with Gasteiger partial charge in [-0.1, -0.05) is 43.3 Å². The quantitative estimate of drug-likeness (QED) is 0.606. The minimum absolute atomic E-state index is 0.0264. The summed E-state index contributed by atoms with van der Waals surface area (Å²) in [5.74, 6) is 0.468. The fourth-order valence-electron chi connectivity index (χ4n) is 4.65. The third kappa shape index (κ3) is 4.65. The van der Waals surface area contributed by atoms with E-state index in [1.54, 1.807) is 11.3 Å². The van der Waals surface area contributed by atoms with E-state index >= 15 is 0 Å². The summed E-state index contributed by atoms with van der Waals surface area (Å²) in [7, 11) is 0. The second kappa shape index (κ2) is 9.57. The molecule has 168 valence electrons. The predicted molar refractivity (Wildman–Crippen MR) is 128 cm³/mol. The number of nitrogens with zero attached hydrogens (tertiary/aromatic N) is 2. The number of ether oxygens (including phenoxy) is 1. The van der Waals surface area contributed by atoms with Crippen LogP contribution in [-0.4, -0.2) is 42.2 Å². The van der Waals surface area contributed by atoms with Crippen molar-refractivity contribution in [2.24, 2.45) is 5.92 Å². The van der Waals surface area contributed by atoms with Gasteiger partial charge in [0, 0.05) is 26.2 Å². The fraction of sp³-hybridized carbons (Fsp3) is 0.440. The molecule has 2 aliphatic rings. The zero-order valence-electron chi connectivity index (χ0n) is 18.4. The molecule has 0 saturated carbocycles. The number of hydrogen-bond donors (Lipinski definition) is 2. The van der Waals surface area contributed by atoms with Gasteiger partial charge in [0.15, 0.2) is 0 Å². The topological polar surface area (TPSA) is 66.5 Å². The molecular formula is C25H30N4O2S. The monoisotopic (exact) mass is 450 g/mol. The molecule has 32 heavy (non-hydrogen) atoms. The number of piperazine rings is 1. The molecule has 2 N–H and O–H groups in total. The third-order valence-corrected chi connectivity index (χ3v) is 7.56. The van der Waals surface area contributed by atoms with Crippen LogP contribution < -0.4 is 10.6 Å². The van der Waals surface area contributed by atoms with Crippen LogP contribution in [0.25, 0.3) is 10.2 Å². The molecule has 0 spiro atoms. The molecule has 0 aliphatic carbocycles. The number of fused-ring (bicyclic) bond motifs is 1. The highest BCUT2D eigenvalue weighted by Crippen LogP contribution is 2.36. The number of carbonyl (C=O) groups is 1. The molecule has 2 aliphatic heterocycles. The molecule has 2 aromatic carbocycles. The summed E-state index contributed by atoms with van der Waals surface area (Å²) in [4.78, 5) is 19.9. The Morgan fingerprint density at radius 1 is 1.19 bits per heavy atom. The molecular weight excluding hydrogens is 420 g/mol. The lowest BCUT2D eigenvalue weighted by molar-refractivity contribution is 0.0565. The Balaban J connectivity index is 1.35. The maximum absolute atomic E-state index is 13.0. The second-order valence-electron chi connectivity index (χ2n) is 8.88. The maximum atomic E-state index is 13.0. The molecule has 3 aromatic rings. The Morgan fingerprint density at radius 3 is 2.88 bits per heavy atom. The second-order valence-corrected chi connectivity index (χ2v) is 9.94. The van der Waals surface area contributed by atoms with Crippen molar-refractivity contribution in [1.29, 1.82) is 0 Å². The van der Waals surface area contributed by atoms with Crippen molar-refractivity contribution < 1.29 is 9.53 Å². The Labute approximate surface area is 193 Å². The number of amides is 1. The molecule has 1 amide bonds. The van der Waals surface area contributed by atoms with E-state index < -0.39 is 0 Å². The van der Waals surface area contributed by atoms with E-state index in [1.165, 1.54) is 4.70 Å². The van der Waals surface area contributed by atoms with E-state index in [-0.39, 0.29) is 18.2 Å². The molecule has 2 saturated heterocycles. The highest BCUT2D eigenvalue weighted by atomic mass is 32.1. The van der Waals surface area contributed by atoms with E-state index in [1.807, 2.05) is 35.2 Å². The molecule has 3 atom stereocenters. The minimum Gasteiger partial charge on any atom is -0.445 e. The van der Waals surface area contributed by atoms with E-state index in [4.69, 9.17) is 9.72 Å². The fourth-order valence-corrected chi connectivity index (χ4v) is 5.67. The molecule has 0 radical (unpaired) electrons. The van der Waals surface area contributed by atoms with Crippen LogP contribution in [0.1, 0.15) is 48.0 Å². The van der Waals surface area contributed by atoms with Gasteiger partial charge in [-0.25, -0.2) is 9.78 Å². The predicted octanol–water partition coefficient (Wildman–Crippen LogP) is 4.64. The molecule has 2 fully saturated rings. The average molecular weight is 451 g/mol. The summed E-state index contributed by atoms with van der Waals surface area (Å²) in [6.07, 6.45) is 1.81. The van der Waals surface area contributed by atoms with E-state index in [9.17, 15) is 4.79 Å². The number of aromatic nitrogens is 1. The summed E-state index contributed by atoms with van der Waals surface area (Å²) in [5.41, 5.74) is 3.17. The first-order chi connectivity index (χ1) is 15.7. The van der Waals surface area contributed by atoms with E-state index in [0.29, 0.717) is 12.5 Å². The lowest BCUT2D eigenvalue weighted by atomic mass is 9.90. The van der Waals surface area contributed by atoms with Crippen LogP contribution in [-0.2, 0) is 11.3 Å². The molecule has 7 heteroatoms. The summed E-state index contributed by atoms with van der Waals surface area (Å²) in [5, 5.41) is 8.10. The Hall–Kier alpha value is -2.48. The molecule has 6 nitrogen and oxygen atoms in total. The first kappa shape index (κ1) is 21.4. The SMILES string of the molecule is C[C@H]1CC[C@H](c2ccc3sc(C4CNCCN4)nc3c2)N(C(=O)OCc2ccccc2)C1. The van der Waals surface area contributed by atoms with Gasteiger partial charge < -0.3 is 20.3 Å². The van der Waals surface area contributed by atoms with Gasteiger partial charge in [0.05, 0.1) is 22.3 Å². The van der Waals surface area contributed by atoms with E-state index in [0.717, 1.165) is 60.7 Å². The van der Waals surface area contributed by atoms with Crippen LogP contribution in [0, 0.1) is 5.92 Å². The minimum atomic E-state index is -0.234. The van der Waals surface area contributed by atoms with Gasteiger partial charge in [-0.2, -0.15) is 0 Å². The van der Waals surface area contributed by atoms with Crippen LogP contribution in [0.2, 0.25) is 0 Å². The molecule has 3 heterocycles. The number of thiazole rings is 1. The average Bonchev–Trinajstić information content (AvgIpc) is 3.27. The van der Waals surface area contributed by atoms with Crippen LogP contribution in [0.4, 0.5) is 4.79 Å². The van der Waals surface area contributed by atoms with Crippen molar-refractivity contribution in [2.45, 2.75) is 38.5 Å². The number of carbonyl (C=O) groups excluding carboxylic acids is 1. The molecule has 1 aromatic heterocycles. The van der Waals surface area contributed by atoms with Gasteiger partial charge in [-0.15, -0.1) is 11.3 Å². The van der Waals surface area contributed by atoms with Crippen LogP contribution >= 0.6 is 11.3 Å². The summed E-state index contributed by atoms with van der Waals surface area (Å²) < 4.78 is 6.89. The van der Waals surface area contributed by atoms with Gasteiger partial charge in [0.1, 0.15) is 11.6 Å². The lowest BCUT2D eigenvalue weighted by Gasteiger charge is -2.38. The van der Waals surface area contributed by atoms with Crippen molar-refractivity contribution in [3.8, 4) is 0 Å². The molecule has 1 unspecified atom stereocenters. The largest absolute Gasteiger partial charge is 0.445 e. The van der Waals surface area contributed by atoms with Crippen LogP contribution in [0.5, 0.6) is 0 Å². The molecule has 5 rings (SSSR count). The van der Waals surface area contributed by atoms with Gasteiger partial charge >= 0.3 is 6.09 Å². The zero-order chi connectivity index (χ0) is 21.9.